The van der Waals surface area contributed by atoms with Crippen LogP contribution in [0.4, 0.5) is 8.78 Å². The molecule has 0 radical (unpaired) electrons. The molecular weight excluding hydrogens is 226 g/mol. The first-order valence-electron chi connectivity index (χ1n) is 5.94. The molecule has 1 heterocycles. The van der Waals surface area contributed by atoms with Gasteiger partial charge in [-0.05, 0) is 6.42 Å². The molecule has 1 fully saturated rings. The minimum atomic E-state index is -2.55. The molecule has 0 atom stereocenters. The van der Waals surface area contributed by atoms with Crippen molar-refractivity contribution in [2.45, 2.75) is 52.1 Å². The number of hydrogen-bond donors (Lipinski definition) is 0. The number of alkyl halides is 2. The quantitative estimate of drug-likeness (QED) is 0.818. The summed E-state index contributed by atoms with van der Waals surface area (Å²) in [5, 5.41) is 0. The Kier molecular flexibility index (Phi) is 4.78. The van der Waals surface area contributed by atoms with E-state index in [-0.39, 0.29) is 12.8 Å². The molecule has 0 spiro atoms. The lowest BCUT2D eigenvalue weighted by molar-refractivity contribution is -0.135. The van der Waals surface area contributed by atoms with E-state index in [1.807, 2.05) is 20.8 Å². The van der Waals surface area contributed by atoms with E-state index in [1.54, 1.807) is 6.20 Å². The zero-order valence-corrected chi connectivity index (χ0v) is 10.4. The van der Waals surface area contributed by atoms with Crippen molar-refractivity contribution in [3.8, 4) is 5.88 Å². The van der Waals surface area contributed by atoms with Crippen LogP contribution in [-0.4, -0.2) is 22.0 Å². The second kappa shape index (κ2) is 5.89. The second-order valence-electron chi connectivity index (χ2n) is 3.70. The largest absolute Gasteiger partial charge is 0.473 e. The van der Waals surface area contributed by atoms with Gasteiger partial charge in [0.15, 0.2) is 0 Å². The Labute approximate surface area is 100 Å². The van der Waals surface area contributed by atoms with Crippen LogP contribution in [0.25, 0.3) is 0 Å². The standard InChI is InChI=1S/C10H12F2N2O.C2H6/c1-2-7-5-14-9(6-13-7)15-8-3-10(11,12)4-8;1-2/h5-6,8H,2-4H2,1H3;1-2H3. The number of halogens is 2. The van der Waals surface area contributed by atoms with Gasteiger partial charge in [0.05, 0.1) is 18.1 Å². The SMILES string of the molecule is CC.CCc1cnc(OC2CC(F)(F)C2)cn1. The number of rotatable bonds is 3. The molecule has 0 aromatic carbocycles. The molecule has 5 heteroatoms. The fraction of sp³-hybridized carbons (Fsp3) is 0.667. The molecule has 3 nitrogen and oxygen atoms in total. The molecule has 17 heavy (non-hydrogen) atoms. The Hall–Kier alpha value is -1.26. The molecule has 1 aromatic heterocycles. The lowest BCUT2D eigenvalue weighted by Gasteiger charge is -2.34. The maximum atomic E-state index is 12.5. The van der Waals surface area contributed by atoms with E-state index in [4.69, 9.17) is 4.74 Å². The third-order valence-corrected chi connectivity index (χ3v) is 2.38. The minimum absolute atomic E-state index is 0.218. The van der Waals surface area contributed by atoms with E-state index in [2.05, 4.69) is 9.97 Å². The highest BCUT2D eigenvalue weighted by atomic mass is 19.3. The van der Waals surface area contributed by atoms with E-state index in [0.29, 0.717) is 5.88 Å². The highest BCUT2D eigenvalue weighted by Gasteiger charge is 2.47. The van der Waals surface area contributed by atoms with Gasteiger partial charge in [0.1, 0.15) is 6.10 Å². The van der Waals surface area contributed by atoms with Crippen LogP contribution in [0.3, 0.4) is 0 Å². The van der Waals surface area contributed by atoms with Crippen LogP contribution in [0.1, 0.15) is 39.3 Å². The van der Waals surface area contributed by atoms with Gasteiger partial charge >= 0.3 is 0 Å². The summed E-state index contributed by atoms with van der Waals surface area (Å²) in [7, 11) is 0. The van der Waals surface area contributed by atoms with Crippen molar-refractivity contribution in [2.24, 2.45) is 0 Å². The molecule has 0 saturated heterocycles. The molecule has 1 aromatic rings. The van der Waals surface area contributed by atoms with Gasteiger partial charge in [-0.2, -0.15) is 0 Å². The van der Waals surface area contributed by atoms with Crippen LogP contribution >= 0.6 is 0 Å². The Morgan fingerprint density at radius 3 is 2.35 bits per heavy atom. The maximum absolute atomic E-state index is 12.5. The molecule has 0 aliphatic heterocycles. The Morgan fingerprint density at radius 2 is 1.94 bits per heavy atom. The third-order valence-electron chi connectivity index (χ3n) is 2.38. The molecule has 2 rings (SSSR count). The van der Waals surface area contributed by atoms with E-state index in [1.165, 1.54) is 6.20 Å². The van der Waals surface area contributed by atoms with Crippen molar-refractivity contribution in [3.63, 3.8) is 0 Å². The van der Waals surface area contributed by atoms with Gasteiger partial charge in [-0.3, -0.25) is 4.98 Å². The summed E-state index contributed by atoms with van der Waals surface area (Å²) >= 11 is 0. The van der Waals surface area contributed by atoms with E-state index in [9.17, 15) is 8.78 Å². The van der Waals surface area contributed by atoms with Crippen LogP contribution in [0.2, 0.25) is 0 Å². The predicted octanol–water partition coefficient (Wildman–Crippen LogP) is 3.24. The van der Waals surface area contributed by atoms with Gasteiger partial charge in [-0.25, -0.2) is 13.8 Å². The predicted molar refractivity (Wildman–Crippen MR) is 61.4 cm³/mol. The van der Waals surface area contributed by atoms with Gasteiger partial charge in [0.25, 0.3) is 5.92 Å². The lowest BCUT2D eigenvalue weighted by atomic mass is 9.91. The molecule has 1 aliphatic carbocycles. The molecule has 0 N–H and O–H groups in total. The summed E-state index contributed by atoms with van der Waals surface area (Å²) in [4.78, 5) is 8.06. The Balaban J connectivity index is 0.000000686. The minimum Gasteiger partial charge on any atom is -0.473 e. The summed E-state index contributed by atoms with van der Waals surface area (Å²) in [5.41, 5.74) is 0.862. The zero-order valence-electron chi connectivity index (χ0n) is 10.4. The van der Waals surface area contributed by atoms with Crippen LogP contribution in [-0.2, 0) is 6.42 Å². The van der Waals surface area contributed by atoms with Crippen molar-refractivity contribution in [1.29, 1.82) is 0 Å². The van der Waals surface area contributed by atoms with Crippen LogP contribution < -0.4 is 4.74 Å². The molecule has 1 aliphatic rings. The highest BCUT2D eigenvalue weighted by molar-refractivity contribution is 5.08. The first-order valence-corrected chi connectivity index (χ1v) is 5.94. The molecule has 0 unspecified atom stereocenters. The Bertz CT molecular complexity index is 333. The van der Waals surface area contributed by atoms with Gasteiger partial charge in [0.2, 0.25) is 5.88 Å². The van der Waals surface area contributed by atoms with Crippen molar-refractivity contribution < 1.29 is 13.5 Å². The van der Waals surface area contributed by atoms with Gasteiger partial charge < -0.3 is 4.74 Å². The van der Waals surface area contributed by atoms with Crippen molar-refractivity contribution in [2.75, 3.05) is 0 Å². The summed E-state index contributed by atoms with van der Waals surface area (Å²) in [6.45, 7) is 5.97. The Morgan fingerprint density at radius 1 is 1.29 bits per heavy atom. The average Bonchev–Trinajstić information content (AvgIpc) is 2.30. The topological polar surface area (TPSA) is 35.0 Å². The van der Waals surface area contributed by atoms with Crippen molar-refractivity contribution >= 4 is 0 Å². The summed E-state index contributed by atoms with van der Waals surface area (Å²) in [5.74, 6) is -2.23. The monoisotopic (exact) mass is 244 g/mol. The van der Waals surface area contributed by atoms with Gasteiger partial charge in [0, 0.05) is 12.8 Å². The van der Waals surface area contributed by atoms with E-state index >= 15 is 0 Å². The molecule has 0 bridgehead atoms. The first-order chi connectivity index (χ1) is 8.09. The summed E-state index contributed by atoms with van der Waals surface area (Å²) in [6, 6.07) is 0. The number of aromatic nitrogens is 2. The third kappa shape index (κ3) is 3.91. The fourth-order valence-electron chi connectivity index (χ4n) is 1.45. The van der Waals surface area contributed by atoms with E-state index in [0.717, 1.165) is 12.1 Å². The molecular formula is C12H18F2N2O. The van der Waals surface area contributed by atoms with Crippen LogP contribution in [0.5, 0.6) is 5.88 Å². The smallest absolute Gasteiger partial charge is 0.255 e. The zero-order chi connectivity index (χ0) is 12.9. The number of aryl methyl sites for hydroxylation is 1. The molecule has 1 saturated carbocycles. The number of hydrogen-bond acceptors (Lipinski definition) is 3. The lowest BCUT2D eigenvalue weighted by Crippen LogP contribution is -2.43. The normalized spacial score (nSPS) is 17.7. The van der Waals surface area contributed by atoms with Gasteiger partial charge in [-0.15, -0.1) is 0 Å². The second-order valence-corrected chi connectivity index (χ2v) is 3.70. The number of nitrogens with zero attached hydrogens (tertiary/aromatic N) is 2. The fourth-order valence-corrected chi connectivity index (χ4v) is 1.45. The first kappa shape index (κ1) is 13.8. The number of ether oxygens (including phenoxy) is 1. The molecule has 0 amide bonds. The maximum Gasteiger partial charge on any atom is 0.255 e. The van der Waals surface area contributed by atoms with E-state index < -0.39 is 12.0 Å². The van der Waals surface area contributed by atoms with Crippen LogP contribution in [0, 0.1) is 0 Å². The molecule has 96 valence electrons. The summed E-state index contributed by atoms with van der Waals surface area (Å²) in [6.07, 6.45) is 3.03. The summed E-state index contributed by atoms with van der Waals surface area (Å²) < 4.78 is 30.2. The van der Waals surface area contributed by atoms with Crippen LogP contribution in [0.15, 0.2) is 12.4 Å². The van der Waals surface area contributed by atoms with Crippen molar-refractivity contribution in [1.82, 2.24) is 9.97 Å². The highest BCUT2D eigenvalue weighted by Crippen LogP contribution is 2.39. The average molecular weight is 244 g/mol. The van der Waals surface area contributed by atoms with Gasteiger partial charge in [-0.1, -0.05) is 20.8 Å². The van der Waals surface area contributed by atoms with Crippen molar-refractivity contribution in [3.05, 3.63) is 18.1 Å².